The second-order valence-corrected chi connectivity index (χ2v) is 6.04. The molecule has 1 heteroatoms. The summed E-state index contributed by atoms with van der Waals surface area (Å²) in [6, 6.07) is 0. The topological polar surface area (TPSA) is 12.4 Å². The Morgan fingerprint density at radius 3 is 1.50 bits per heavy atom. The minimum absolute atomic E-state index is 0.0825. The van der Waals surface area contributed by atoms with Crippen LogP contribution in [0.1, 0.15) is 61.3 Å². The van der Waals surface area contributed by atoms with Gasteiger partial charge in [0.2, 0.25) is 0 Å². The van der Waals surface area contributed by atoms with Crippen molar-refractivity contribution in [3.8, 4) is 0 Å². The van der Waals surface area contributed by atoms with Gasteiger partial charge in [0.05, 0.1) is 5.54 Å². The molecular weight excluding hydrogens is 170 g/mol. The molecule has 0 aliphatic heterocycles. The van der Waals surface area contributed by atoms with Crippen LogP contribution in [-0.2, 0) is 0 Å². The van der Waals surface area contributed by atoms with Crippen LogP contribution in [0.2, 0.25) is 0 Å². The third kappa shape index (κ3) is 8.28. The van der Waals surface area contributed by atoms with Gasteiger partial charge < -0.3 is 0 Å². The third-order valence-electron chi connectivity index (χ3n) is 1.78. The van der Waals surface area contributed by atoms with E-state index in [1.165, 1.54) is 5.71 Å². The van der Waals surface area contributed by atoms with Crippen LogP contribution >= 0.6 is 0 Å². The van der Waals surface area contributed by atoms with Crippen molar-refractivity contribution in [1.82, 2.24) is 0 Å². The highest BCUT2D eigenvalue weighted by Gasteiger charge is 2.12. The molecule has 0 saturated carbocycles. The van der Waals surface area contributed by atoms with E-state index in [0.29, 0.717) is 0 Å². The van der Waals surface area contributed by atoms with E-state index in [9.17, 15) is 0 Å². The van der Waals surface area contributed by atoms with Gasteiger partial charge in [0.25, 0.3) is 0 Å². The first kappa shape index (κ1) is 13.7. The van der Waals surface area contributed by atoms with Crippen molar-refractivity contribution in [2.24, 2.45) is 16.8 Å². The molecule has 0 aliphatic rings. The summed E-state index contributed by atoms with van der Waals surface area (Å²) in [6.45, 7) is 15.6. The fourth-order valence-corrected chi connectivity index (χ4v) is 1.59. The van der Waals surface area contributed by atoms with Crippen molar-refractivity contribution in [1.29, 1.82) is 0 Å². The number of rotatable bonds is 4. The van der Waals surface area contributed by atoms with Crippen molar-refractivity contribution in [2.75, 3.05) is 0 Å². The van der Waals surface area contributed by atoms with E-state index in [-0.39, 0.29) is 5.54 Å². The largest absolute Gasteiger partial charge is 0.288 e. The highest BCUT2D eigenvalue weighted by atomic mass is 14.8. The fourth-order valence-electron chi connectivity index (χ4n) is 1.59. The zero-order valence-electron chi connectivity index (χ0n) is 11.0. The van der Waals surface area contributed by atoms with Crippen LogP contribution in [0.15, 0.2) is 4.99 Å². The van der Waals surface area contributed by atoms with E-state index in [1.807, 2.05) is 0 Å². The van der Waals surface area contributed by atoms with Crippen LogP contribution in [0, 0.1) is 11.8 Å². The lowest BCUT2D eigenvalue weighted by Crippen LogP contribution is -2.17. The Kier molecular flexibility index (Phi) is 5.40. The lowest BCUT2D eigenvalue weighted by molar-refractivity contribution is 0.561. The van der Waals surface area contributed by atoms with E-state index in [2.05, 4.69) is 48.5 Å². The summed E-state index contributed by atoms with van der Waals surface area (Å²) in [7, 11) is 0. The van der Waals surface area contributed by atoms with Crippen LogP contribution in [-0.4, -0.2) is 11.3 Å². The van der Waals surface area contributed by atoms with Crippen LogP contribution in [0.4, 0.5) is 0 Å². The van der Waals surface area contributed by atoms with Crippen molar-refractivity contribution in [2.45, 2.75) is 66.8 Å². The average Bonchev–Trinajstić information content (AvgIpc) is 1.77. The molecule has 0 radical (unpaired) electrons. The molecule has 84 valence electrons. The Hall–Kier alpha value is -0.330. The van der Waals surface area contributed by atoms with E-state index in [4.69, 9.17) is 4.99 Å². The van der Waals surface area contributed by atoms with Gasteiger partial charge >= 0.3 is 0 Å². The first-order valence-corrected chi connectivity index (χ1v) is 5.78. The molecule has 0 saturated heterocycles. The number of hydrogen-bond donors (Lipinski definition) is 0. The van der Waals surface area contributed by atoms with Gasteiger partial charge in [-0.3, -0.25) is 4.99 Å². The van der Waals surface area contributed by atoms with Crippen molar-refractivity contribution in [3.63, 3.8) is 0 Å². The molecule has 0 N–H and O–H groups in total. The average molecular weight is 197 g/mol. The molecule has 0 amide bonds. The molecule has 0 fully saturated rings. The Labute approximate surface area is 90.0 Å². The standard InChI is InChI=1S/C13H27N/c1-10(2)8-12(9-11(3)4)14-13(5,6)7/h10-11H,8-9H2,1-7H3. The zero-order chi connectivity index (χ0) is 11.4. The molecule has 0 unspecified atom stereocenters. The number of nitrogens with zero attached hydrogens (tertiary/aromatic N) is 1. The van der Waals surface area contributed by atoms with Crippen molar-refractivity contribution in [3.05, 3.63) is 0 Å². The van der Waals surface area contributed by atoms with Gasteiger partial charge in [-0.05, 0) is 45.4 Å². The van der Waals surface area contributed by atoms with Crippen molar-refractivity contribution < 1.29 is 0 Å². The Bertz CT molecular complexity index is 170. The molecule has 0 aromatic carbocycles. The van der Waals surface area contributed by atoms with Gasteiger partial charge in [-0.15, -0.1) is 0 Å². The fraction of sp³-hybridized carbons (Fsp3) is 0.923. The maximum absolute atomic E-state index is 4.81. The Morgan fingerprint density at radius 2 is 1.29 bits per heavy atom. The van der Waals surface area contributed by atoms with Gasteiger partial charge in [0, 0.05) is 5.71 Å². The highest BCUT2D eigenvalue weighted by molar-refractivity contribution is 5.85. The molecule has 14 heavy (non-hydrogen) atoms. The molecule has 0 heterocycles. The van der Waals surface area contributed by atoms with Gasteiger partial charge in [-0.2, -0.15) is 0 Å². The van der Waals surface area contributed by atoms with Crippen LogP contribution in [0.25, 0.3) is 0 Å². The number of hydrogen-bond acceptors (Lipinski definition) is 1. The molecule has 0 bridgehead atoms. The Balaban J connectivity index is 4.47. The summed E-state index contributed by atoms with van der Waals surface area (Å²) in [5.74, 6) is 1.43. The maximum atomic E-state index is 4.81. The van der Waals surface area contributed by atoms with Gasteiger partial charge in [0.15, 0.2) is 0 Å². The summed E-state index contributed by atoms with van der Waals surface area (Å²) >= 11 is 0. The van der Waals surface area contributed by atoms with Crippen LogP contribution in [0.5, 0.6) is 0 Å². The lowest BCUT2D eigenvalue weighted by atomic mass is 9.97. The summed E-state index contributed by atoms with van der Waals surface area (Å²) in [4.78, 5) is 4.81. The second-order valence-electron chi connectivity index (χ2n) is 6.04. The van der Waals surface area contributed by atoms with E-state index >= 15 is 0 Å². The quantitative estimate of drug-likeness (QED) is 0.595. The number of aliphatic imine (C=N–C) groups is 1. The minimum atomic E-state index is 0.0825. The van der Waals surface area contributed by atoms with E-state index < -0.39 is 0 Å². The summed E-state index contributed by atoms with van der Waals surface area (Å²) < 4.78 is 0. The second kappa shape index (κ2) is 5.53. The molecule has 0 aromatic heterocycles. The van der Waals surface area contributed by atoms with Crippen LogP contribution in [0.3, 0.4) is 0 Å². The van der Waals surface area contributed by atoms with E-state index in [1.54, 1.807) is 0 Å². The predicted octanol–water partition coefficient (Wildman–Crippen LogP) is 4.32. The Morgan fingerprint density at radius 1 is 0.929 bits per heavy atom. The SMILES string of the molecule is CC(C)CC(CC(C)C)=NC(C)(C)C. The summed E-state index contributed by atoms with van der Waals surface area (Å²) in [5, 5.41) is 0. The summed E-state index contributed by atoms with van der Waals surface area (Å²) in [5.41, 5.74) is 1.47. The minimum Gasteiger partial charge on any atom is -0.288 e. The van der Waals surface area contributed by atoms with E-state index in [0.717, 1.165) is 24.7 Å². The molecule has 0 aromatic rings. The van der Waals surface area contributed by atoms with Gasteiger partial charge in [-0.25, -0.2) is 0 Å². The van der Waals surface area contributed by atoms with Gasteiger partial charge in [-0.1, -0.05) is 27.7 Å². The van der Waals surface area contributed by atoms with Crippen LogP contribution < -0.4 is 0 Å². The molecular formula is C13H27N. The third-order valence-corrected chi connectivity index (χ3v) is 1.78. The highest BCUT2D eigenvalue weighted by Crippen LogP contribution is 2.15. The van der Waals surface area contributed by atoms with Gasteiger partial charge in [0.1, 0.15) is 0 Å². The first-order chi connectivity index (χ1) is 6.20. The molecule has 0 spiro atoms. The van der Waals surface area contributed by atoms with Crippen molar-refractivity contribution >= 4 is 5.71 Å². The first-order valence-electron chi connectivity index (χ1n) is 5.78. The predicted molar refractivity (Wildman–Crippen MR) is 66.1 cm³/mol. The lowest BCUT2D eigenvalue weighted by Gasteiger charge is -2.18. The molecule has 0 atom stereocenters. The smallest absolute Gasteiger partial charge is 0.0523 e. The molecule has 0 rings (SSSR count). The molecule has 0 aliphatic carbocycles. The molecule has 1 nitrogen and oxygen atoms in total. The zero-order valence-corrected chi connectivity index (χ0v) is 11.0. The summed E-state index contributed by atoms with van der Waals surface area (Å²) in [6.07, 6.45) is 2.30. The maximum Gasteiger partial charge on any atom is 0.0523 e. The normalized spacial score (nSPS) is 12.4. The monoisotopic (exact) mass is 197 g/mol.